The molecular formula is C46H31N5. The molecule has 0 saturated heterocycles. The molecule has 5 heteroatoms. The van der Waals surface area contributed by atoms with Gasteiger partial charge < -0.3 is 4.57 Å². The molecule has 0 saturated carbocycles. The van der Waals surface area contributed by atoms with Crippen LogP contribution in [0.2, 0.25) is 0 Å². The molecule has 3 heterocycles. The van der Waals surface area contributed by atoms with Gasteiger partial charge in [-0.15, -0.1) is 0 Å². The number of hydrogen-bond acceptors (Lipinski definition) is 3. The Morgan fingerprint density at radius 3 is 1.90 bits per heavy atom. The van der Waals surface area contributed by atoms with Crippen LogP contribution in [0.1, 0.15) is 31.0 Å². The van der Waals surface area contributed by atoms with Gasteiger partial charge in [0.05, 0.1) is 27.6 Å². The monoisotopic (exact) mass is 653 g/mol. The topological polar surface area (TPSA) is 59.4 Å². The molecule has 0 atom stereocenters. The summed E-state index contributed by atoms with van der Waals surface area (Å²) >= 11 is 0. The summed E-state index contributed by atoms with van der Waals surface area (Å²) in [6, 6.07) is 54.0. The van der Waals surface area contributed by atoms with Gasteiger partial charge in [-0.05, 0) is 88.7 Å². The second-order valence-corrected chi connectivity index (χ2v) is 13.6. The van der Waals surface area contributed by atoms with Crippen LogP contribution in [0.5, 0.6) is 0 Å². The summed E-state index contributed by atoms with van der Waals surface area (Å²) < 4.78 is 4.51. The van der Waals surface area contributed by atoms with Gasteiger partial charge in [-0.1, -0.05) is 98.8 Å². The second kappa shape index (κ2) is 11.1. The number of fused-ring (bicyclic) bond motifs is 9. The highest BCUT2D eigenvalue weighted by molar-refractivity contribution is 6.19. The van der Waals surface area contributed by atoms with Gasteiger partial charge in [0.25, 0.3) is 0 Å². The molecule has 10 rings (SSSR count). The van der Waals surface area contributed by atoms with Crippen molar-refractivity contribution in [3.63, 3.8) is 0 Å². The van der Waals surface area contributed by atoms with E-state index < -0.39 is 0 Å². The molecule has 0 amide bonds. The number of para-hydroxylation sites is 2. The van der Waals surface area contributed by atoms with Crippen LogP contribution in [0.3, 0.4) is 0 Å². The molecule has 0 unspecified atom stereocenters. The summed E-state index contributed by atoms with van der Waals surface area (Å²) in [4.78, 5) is 9.78. The normalized spacial score (nSPS) is 11.9. The first-order valence-electron chi connectivity index (χ1n) is 17.3. The Morgan fingerprint density at radius 1 is 0.529 bits per heavy atom. The van der Waals surface area contributed by atoms with Crippen LogP contribution in [-0.4, -0.2) is 19.1 Å². The van der Waals surface area contributed by atoms with E-state index in [1.807, 2.05) is 24.3 Å². The van der Waals surface area contributed by atoms with Crippen LogP contribution in [0, 0.1) is 11.3 Å². The minimum Gasteiger partial charge on any atom is -0.309 e. The molecular weight excluding hydrogens is 623 g/mol. The lowest BCUT2D eigenvalue weighted by molar-refractivity contribution is 0.868. The van der Waals surface area contributed by atoms with Gasteiger partial charge in [-0.3, -0.25) is 4.57 Å². The van der Waals surface area contributed by atoms with Gasteiger partial charge in [-0.2, -0.15) is 5.26 Å². The van der Waals surface area contributed by atoms with E-state index in [9.17, 15) is 5.26 Å². The Balaban J connectivity index is 1.23. The van der Waals surface area contributed by atoms with Crippen molar-refractivity contribution in [1.82, 2.24) is 19.1 Å². The number of aromatic nitrogens is 4. The maximum absolute atomic E-state index is 10.1. The first-order valence-corrected chi connectivity index (χ1v) is 17.3. The molecule has 0 N–H and O–H groups in total. The van der Waals surface area contributed by atoms with E-state index in [4.69, 9.17) is 9.97 Å². The van der Waals surface area contributed by atoms with Gasteiger partial charge in [0.2, 0.25) is 5.95 Å². The number of benzene rings is 7. The van der Waals surface area contributed by atoms with E-state index in [0.717, 1.165) is 49.5 Å². The molecule has 0 aliphatic heterocycles. The Hall–Kier alpha value is -6.77. The number of nitrogens with zero attached hydrogens (tertiary/aromatic N) is 5. The Morgan fingerprint density at radius 2 is 1.16 bits per heavy atom. The standard InChI is InChI=1S/C46H31N5/c1-28(2)30-17-21-43-38(24-30)39-26-32(19-23-44(39)51(43)46-48-40-15-9-8-14-36(40)41(27-47)49-46)31-18-22-42-37(25-31)35-20-16-29-10-6-7-13-34(29)45(35)50(42)33-11-4-3-5-12-33/h3-26,28H,1-2H3. The van der Waals surface area contributed by atoms with Crippen molar-refractivity contribution in [3.05, 3.63) is 157 Å². The summed E-state index contributed by atoms with van der Waals surface area (Å²) in [5, 5.41) is 18.0. The first kappa shape index (κ1) is 29.2. The summed E-state index contributed by atoms with van der Waals surface area (Å²) in [6.07, 6.45) is 0. The highest BCUT2D eigenvalue weighted by Gasteiger charge is 2.20. The summed E-state index contributed by atoms with van der Waals surface area (Å²) in [7, 11) is 0. The van der Waals surface area contributed by atoms with Gasteiger partial charge >= 0.3 is 0 Å². The van der Waals surface area contributed by atoms with Gasteiger partial charge in [0.1, 0.15) is 6.07 Å². The Labute approximate surface area is 294 Å². The summed E-state index contributed by atoms with van der Waals surface area (Å²) in [6.45, 7) is 4.45. The molecule has 0 aliphatic rings. The maximum Gasteiger partial charge on any atom is 0.236 e. The Kier molecular flexibility index (Phi) is 6.37. The molecule has 240 valence electrons. The number of nitriles is 1. The summed E-state index contributed by atoms with van der Waals surface area (Å²) in [5.74, 6) is 0.871. The molecule has 0 fully saturated rings. The predicted octanol–water partition coefficient (Wildman–Crippen LogP) is 11.6. The SMILES string of the molecule is CC(C)c1ccc2c(c1)c1cc(-c3ccc4c(c3)c3ccc5ccccc5c3n4-c3ccccc3)ccc1n2-c1nc(C#N)c2ccccc2n1. The largest absolute Gasteiger partial charge is 0.309 e. The average Bonchev–Trinajstić information content (AvgIpc) is 3.69. The van der Waals surface area contributed by atoms with E-state index in [0.29, 0.717) is 17.6 Å². The molecule has 51 heavy (non-hydrogen) atoms. The fourth-order valence-corrected chi connectivity index (χ4v) is 7.85. The minimum atomic E-state index is 0.372. The number of hydrogen-bond donors (Lipinski definition) is 0. The highest BCUT2D eigenvalue weighted by atomic mass is 15.2. The van der Waals surface area contributed by atoms with Crippen molar-refractivity contribution in [1.29, 1.82) is 5.26 Å². The van der Waals surface area contributed by atoms with Gasteiger partial charge in [0.15, 0.2) is 5.69 Å². The molecule has 10 aromatic rings. The van der Waals surface area contributed by atoms with Crippen LogP contribution in [-0.2, 0) is 0 Å². The molecule has 5 nitrogen and oxygen atoms in total. The van der Waals surface area contributed by atoms with Crippen molar-refractivity contribution in [2.45, 2.75) is 19.8 Å². The van der Waals surface area contributed by atoms with E-state index in [1.54, 1.807) is 0 Å². The van der Waals surface area contributed by atoms with Crippen LogP contribution >= 0.6 is 0 Å². The van der Waals surface area contributed by atoms with Crippen LogP contribution < -0.4 is 0 Å². The maximum atomic E-state index is 10.1. The Bertz CT molecular complexity index is 3070. The molecule has 0 bridgehead atoms. The average molecular weight is 654 g/mol. The van der Waals surface area contributed by atoms with Crippen LogP contribution in [0.4, 0.5) is 0 Å². The predicted molar refractivity (Wildman–Crippen MR) is 210 cm³/mol. The molecule has 0 radical (unpaired) electrons. The van der Waals surface area contributed by atoms with Crippen LogP contribution in [0.15, 0.2) is 146 Å². The molecule has 7 aromatic carbocycles. The fraction of sp³-hybridized carbons (Fsp3) is 0.0652. The third kappa shape index (κ3) is 4.40. The summed E-state index contributed by atoms with van der Waals surface area (Å²) in [5.41, 5.74) is 10.2. The van der Waals surface area contributed by atoms with E-state index >= 15 is 0 Å². The van der Waals surface area contributed by atoms with E-state index in [2.05, 4.69) is 150 Å². The lowest BCUT2D eigenvalue weighted by atomic mass is 9.98. The zero-order valence-electron chi connectivity index (χ0n) is 28.2. The molecule has 3 aromatic heterocycles. The molecule has 0 aliphatic carbocycles. The second-order valence-electron chi connectivity index (χ2n) is 13.6. The highest BCUT2D eigenvalue weighted by Crippen LogP contribution is 2.40. The lowest BCUT2D eigenvalue weighted by Crippen LogP contribution is -2.03. The van der Waals surface area contributed by atoms with Crippen molar-refractivity contribution in [3.8, 4) is 28.8 Å². The zero-order chi connectivity index (χ0) is 34.2. The van der Waals surface area contributed by atoms with E-state index in [1.165, 1.54) is 38.1 Å². The zero-order valence-corrected chi connectivity index (χ0v) is 28.2. The molecule has 0 spiro atoms. The van der Waals surface area contributed by atoms with Gasteiger partial charge in [-0.25, -0.2) is 9.97 Å². The minimum absolute atomic E-state index is 0.372. The van der Waals surface area contributed by atoms with Gasteiger partial charge in [0, 0.05) is 38.0 Å². The third-order valence-corrected chi connectivity index (χ3v) is 10.4. The van der Waals surface area contributed by atoms with Crippen LogP contribution in [0.25, 0.3) is 88.0 Å². The van der Waals surface area contributed by atoms with Crippen molar-refractivity contribution in [2.75, 3.05) is 0 Å². The smallest absolute Gasteiger partial charge is 0.236 e. The lowest BCUT2D eigenvalue weighted by Gasteiger charge is -2.10. The number of rotatable bonds is 4. The first-order chi connectivity index (χ1) is 25.1. The van der Waals surface area contributed by atoms with Crippen molar-refractivity contribution < 1.29 is 0 Å². The quantitative estimate of drug-likeness (QED) is 0.190. The fourth-order valence-electron chi connectivity index (χ4n) is 7.85. The third-order valence-electron chi connectivity index (χ3n) is 10.4. The van der Waals surface area contributed by atoms with E-state index in [-0.39, 0.29) is 0 Å². The van der Waals surface area contributed by atoms with Crippen molar-refractivity contribution >= 4 is 65.3 Å². The van der Waals surface area contributed by atoms with Crippen molar-refractivity contribution in [2.24, 2.45) is 0 Å².